The summed E-state index contributed by atoms with van der Waals surface area (Å²) >= 11 is 1.78. The third-order valence-corrected chi connectivity index (χ3v) is 4.88. The van der Waals surface area contributed by atoms with Crippen LogP contribution in [0.2, 0.25) is 0 Å². The monoisotopic (exact) mass is 299 g/mol. The number of nitrogens with one attached hydrogen (secondary N) is 2. The molecule has 114 valence electrons. The molecule has 1 atom stereocenters. The fraction of sp³-hybridized carbons (Fsp3) is 0.857. The molecule has 0 aliphatic carbocycles. The van der Waals surface area contributed by atoms with E-state index in [9.17, 15) is 9.59 Å². The Kier molecular flexibility index (Phi) is 6.16. The molecule has 2 heterocycles. The van der Waals surface area contributed by atoms with E-state index in [-0.39, 0.29) is 23.9 Å². The van der Waals surface area contributed by atoms with Crippen molar-refractivity contribution in [1.29, 1.82) is 0 Å². The van der Waals surface area contributed by atoms with Crippen LogP contribution in [0, 0.1) is 0 Å². The van der Waals surface area contributed by atoms with E-state index in [4.69, 9.17) is 0 Å². The van der Waals surface area contributed by atoms with Crippen LogP contribution in [-0.2, 0) is 9.59 Å². The molecule has 2 rings (SSSR count). The SMILES string of the molecule is CCCCC(=O)NC1CCN(C(=O)C2CSCN2)CC1. The first-order valence-electron chi connectivity index (χ1n) is 7.60. The van der Waals surface area contributed by atoms with Gasteiger partial charge in [0.1, 0.15) is 0 Å². The van der Waals surface area contributed by atoms with Crippen molar-refractivity contribution in [1.82, 2.24) is 15.5 Å². The lowest BCUT2D eigenvalue weighted by atomic mass is 10.0. The summed E-state index contributed by atoms with van der Waals surface area (Å²) in [6.07, 6.45) is 4.38. The first-order valence-corrected chi connectivity index (χ1v) is 8.75. The highest BCUT2D eigenvalue weighted by Crippen LogP contribution is 2.16. The predicted octanol–water partition coefficient (Wildman–Crippen LogP) is 0.946. The minimum Gasteiger partial charge on any atom is -0.353 e. The van der Waals surface area contributed by atoms with Gasteiger partial charge in [0.15, 0.2) is 0 Å². The van der Waals surface area contributed by atoms with Gasteiger partial charge in [-0.3, -0.25) is 14.9 Å². The number of piperidine rings is 1. The van der Waals surface area contributed by atoms with Crippen molar-refractivity contribution in [3.63, 3.8) is 0 Å². The van der Waals surface area contributed by atoms with Crippen LogP contribution in [0.5, 0.6) is 0 Å². The van der Waals surface area contributed by atoms with Gasteiger partial charge < -0.3 is 10.2 Å². The van der Waals surface area contributed by atoms with Crippen LogP contribution in [0.25, 0.3) is 0 Å². The molecule has 2 saturated heterocycles. The van der Waals surface area contributed by atoms with Crippen molar-refractivity contribution in [2.75, 3.05) is 24.7 Å². The van der Waals surface area contributed by atoms with Crippen molar-refractivity contribution < 1.29 is 9.59 Å². The van der Waals surface area contributed by atoms with Crippen molar-refractivity contribution in [2.24, 2.45) is 0 Å². The molecule has 0 aromatic heterocycles. The summed E-state index contributed by atoms with van der Waals surface area (Å²) < 4.78 is 0. The zero-order valence-corrected chi connectivity index (χ0v) is 13.0. The molecule has 6 heteroatoms. The van der Waals surface area contributed by atoms with Crippen molar-refractivity contribution in [3.8, 4) is 0 Å². The fourth-order valence-corrected chi connectivity index (χ4v) is 3.59. The van der Waals surface area contributed by atoms with Crippen LogP contribution in [0.1, 0.15) is 39.0 Å². The zero-order chi connectivity index (χ0) is 14.4. The van der Waals surface area contributed by atoms with E-state index in [1.807, 2.05) is 4.90 Å². The Bertz CT molecular complexity index is 337. The van der Waals surface area contributed by atoms with Crippen LogP contribution in [0.3, 0.4) is 0 Å². The maximum Gasteiger partial charge on any atom is 0.240 e. The van der Waals surface area contributed by atoms with Crippen LogP contribution in [0.15, 0.2) is 0 Å². The number of amides is 2. The molecular weight excluding hydrogens is 274 g/mol. The minimum atomic E-state index is -0.00399. The average molecular weight is 299 g/mol. The van der Waals surface area contributed by atoms with Crippen molar-refractivity contribution in [3.05, 3.63) is 0 Å². The Morgan fingerprint density at radius 3 is 2.70 bits per heavy atom. The highest BCUT2D eigenvalue weighted by molar-refractivity contribution is 7.99. The smallest absolute Gasteiger partial charge is 0.240 e. The van der Waals surface area contributed by atoms with E-state index in [0.717, 1.165) is 50.4 Å². The Morgan fingerprint density at radius 2 is 2.10 bits per heavy atom. The molecule has 5 nitrogen and oxygen atoms in total. The lowest BCUT2D eigenvalue weighted by molar-refractivity contribution is -0.133. The van der Waals surface area contributed by atoms with E-state index < -0.39 is 0 Å². The molecule has 0 aromatic carbocycles. The number of carbonyl (C=O) groups is 2. The number of thioether (sulfide) groups is 1. The van der Waals surface area contributed by atoms with Crippen molar-refractivity contribution >= 4 is 23.6 Å². The van der Waals surface area contributed by atoms with E-state index in [0.29, 0.717) is 6.42 Å². The zero-order valence-electron chi connectivity index (χ0n) is 12.2. The fourth-order valence-electron chi connectivity index (χ4n) is 2.66. The van der Waals surface area contributed by atoms with E-state index in [2.05, 4.69) is 17.6 Å². The number of unbranched alkanes of at least 4 members (excludes halogenated alkanes) is 1. The topological polar surface area (TPSA) is 61.4 Å². The third-order valence-electron chi connectivity index (χ3n) is 3.94. The summed E-state index contributed by atoms with van der Waals surface area (Å²) in [4.78, 5) is 25.9. The van der Waals surface area contributed by atoms with Crippen LogP contribution in [0.4, 0.5) is 0 Å². The molecule has 0 aromatic rings. The van der Waals surface area contributed by atoms with Gasteiger partial charge in [0.2, 0.25) is 11.8 Å². The second-order valence-electron chi connectivity index (χ2n) is 5.54. The van der Waals surface area contributed by atoms with Crippen LogP contribution < -0.4 is 10.6 Å². The van der Waals surface area contributed by atoms with Gasteiger partial charge in [-0.2, -0.15) is 0 Å². The summed E-state index contributed by atoms with van der Waals surface area (Å²) in [5.41, 5.74) is 0. The number of hydrogen-bond acceptors (Lipinski definition) is 4. The Morgan fingerprint density at radius 1 is 1.35 bits per heavy atom. The van der Waals surface area contributed by atoms with E-state index >= 15 is 0 Å². The standard InChI is InChI=1S/C14H25N3O2S/c1-2-3-4-13(18)16-11-5-7-17(8-6-11)14(19)12-9-20-10-15-12/h11-12,15H,2-10H2,1H3,(H,16,18). The van der Waals surface area contributed by atoms with Crippen molar-refractivity contribution in [2.45, 2.75) is 51.1 Å². The second kappa shape index (κ2) is 7.88. The number of hydrogen-bond donors (Lipinski definition) is 2. The molecule has 2 fully saturated rings. The molecule has 0 spiro atoms. The van der Waals surface area contributed by atoms with Gasteiger partial charge >= 0.3 is 0 Å². The lowest BCUT2D eigenvalue weighted by Gasteiger charge is -2.33. The second-order valence-corrected chi connectivity index (χ2v) is 6.57. The van der Waals surface area contributed by atoms with E-state index in [1.54, 1.807) is 11.8 Å². The molecule has 20 heavy (non-hydrogen) atoms. The first kappa shape index (κ1) is 15.6. The highest BCUT2D eigenvalue weighted by atomic mass is 32.2. The minimum absolute atomic E-state index is 0.00399. The normalized spacial score (nSPS) is 23.9. The Balaban J connectivity index is 1.69. The van der Waals surface area contributed by atoms with Crippen LogP contribution in [-0.4, -0.2) is 53.5 Å². The Labute approximate surface area is 125 Å². The van der Waals surface area contributed by atoms with Gasteiger partial charge in [-0.25, -0.2) is 0 Å². The van der Waals surface area contributed by atoms with Gasteiger partial charge in [0.25, 0.3) is 0 Å². The van der Waals surface area contributed by atoms with E-state index in [1.165, 1.54) is 0 Å². The van der Waals surface area contributed by atoms with Gasteiger partial charge in [0, 0.05) is 37.2 Å². The summed E-state index contributed by atoms with van der Waals surface area (Å²) in [5, 5.41) is 6.31. The summed E-state index contributed by atoms with van der Waals surface area (Å²) in [5.74, 6) is 2.14. The molecular formula is C14H25N3O2S. The number of carbonyl (C=O) groups excluding carboxylic acids is 2. The summed E-state index contributed by atoms with van der Waals surface area (Å²) in [6.45, 7) is 3.62. The summed E-state index contributed by atoms with van der Waals surface area (Å²) in [6, 6.07) is 0.241. The first-order chi connectivity index (χ1) is 9.70. The molecule has 0 bridgehead atoms. The molecule has 0 radical (unpaired) electrons. The quantitative estimate of drug-likeness (QED) is 0.793. The van der Waals surface area contributed by atoms with Gasteiger partial charge in [-0.15, -0.1) is 11.8 Å². The highest BCUT2D eigenvalue weighted by Gasteiger charge is 2.30. The van der Waals surface area contributed by atoms with Crippen LogP contribution >= 0.6 is 11.8 Å². The molecule has 2 amide bonds. The molecule has 0 saturated carbocycles. The third kappa shape index (κ3) is 4.38. The molecule has 1 unspecified atom stereocenters. The average Bonchev–Trinajstić information content (AvgIpc) is 2.99. The van der Waals surface area contributed by atoms with Gasteiger partial charge in [0.05, 0.1) is 6.04 Å². The largest absolute Gasteiger partial charge is 0.353 e. The predicted molar refractivity (Wildman–Crippen MR) is 81.5 cm³/mol. The lowest BCUT2D eigenvalue weighted by Crippen LogP contribution is -2.51. The van der Waals surface area contributed by atoms with Gasteiger partial charge in [-0.1, -0.05) is 13.3 Å². The number of rotatable bonds is 5. The molecule has 2 aliphatic rings. The van der Waals surface area contributed by atoms with Gasteiger partial charge in [-0.05, 0) is 19.3 Å². The Hall–Kier alpha value is -0.750. The molecule has 2 N–H and O–H groups in total. The summed E-state index contributed by atoms with van der Waals surface area (Å²) in [7, 11) is 0. The maximum absolute atomic E-state index is 12.2. The number of nitrogens with zero attached hydrogens (tertiary/aromatic N) is 1. The molecule has 2 aliphatic heterocycles. The maximum atomic E-state index is 12.2. The number of likely N-dealkylation sites (tertiary alicyclic amines) is 1.